The Morgan fingerprint density at radius 1 is 1.07 bits per heavy atom. The predicted octanol–water partition coefficient (Wildman–Crippen LogP) is 6.45. The third kappa shape index (κ3) is 6.96. The number of pyridine rings is 2. The van der Waals surface area contributed by atoms with Crippen molar-refractivity contribution in [3.8, 4) is 28.6 Å². The lowest BCUT2D eigenvalue weighted by atomic mass is 10.1. The largest absolute Gasteiger partial charge is 0.493 e. The summed E-state index contributed by atoms with van der Waals surface area (Å²) < 4.78 is 39.8. The van der Waals surface area contributed by atoms with Gasteiger partial charge in [0.2, 0.25) is 5.88 Å². The minimum atomic E-state index is -4.50. The van der Waals surface area contributed by atoms with Crippen LogP contribution in [-0.4, -0.2) is 30.9 Å². The van der Waals surface area contributed by atoms with Gasteiger partial charge in [-0.3, -0.25) is 9.59 Å². The standard InChI is InChI=1S/C30H30ClN3O6S.2H2/c1-17(2)16-39-21-8-10-24(31)23(15-21)25-11-9-22(28(35)34-41(37,38)26-7-6-12-32-29(26)36)30(33-25)40-27-19(4)13-18(3)14-20(27)5;;/h6-15,17H,16H2,1-5H3,(H,32,36)(H,34,35);2*1H. The first kappa shape index (κ1) is 29.8. The van der Waals surface area contributed by atoms with Crippen LogP contribution in [-0.2, 0) is 10.0 Å². The van der Waals surface area contributed by atoms with Crippen LogP contribution in [0, 0.1) is 26.7 Å². The number of halogens is 1. The van der Waals surface area contributed by atoms with E-state index in [9.17, 15) is 18.0 Å². The molecule has 0 aliphatic carbocycles. The molecule has 1 amide bonds. The molecule has 0 radical (unpaired) electrons. The summed E-state index contributed by atoms with van der Waals surface area (Å²) in [4.78, 5) is 31.7. The van der Waals surface area contributed by atoms with E-state index in [1.165, 1.54) is 24.4 Å². The van der Waals surface area contributed by atoms with Gasteiger partial charge in [0.1, 0.15) is 17.1 Å². The number of aromatic nitrogens is 2. The summed E-state index contributed by atoms with van der Waals surface area (Å²) in [7, 11) is -4.50. The molecule has 2 aromatic carbocycles. The number of hydrogen-bond donors (Lipinski definition) is 2. The van der Waals surface area contributed by atoms with Gasteiger partial charge in [0.25, 0.3) is 21.5 Å². The summed E-state index contributed by atoms with van der Waals surface area (Å²) in [6.45, 7) is 10.2. The number of benzene rings is 2. The number of amides is 1. The van der Waals surface area contributed by atoms with Gasteiger partial charge in [-0.25, -0.2) is 18.1 Å². The van der Waals surface area contributed by atoms with Crippen molar-refractivity contribution >= 4 is 27.5 Å². The van der Waals surface area contributed by atoms with Crippen LogP contribution in [0.2, 0.25) is 5.02 Å². The van der Waals surface area contributed by atoms with Gasteiger partial charge in [0, 0.05) is 14.6 Å². The number of nitrogens with one attached hydrogen (secondary N) is 2. The third-order valence-corrected chi connectivity index (χ3v) is 7.69. The second-order valence-electron chi connectivity index (χ2n) is 10.0. The first-order valence-electron chi connectivity index (χ1n) is 12.8. The fraction of sp³-hybridized carbons (Fsp3) is 0.233. The lowest BCUT2D eigenvalue weighted by Crippen LogP contribution is -2.34. The van der Waals surface area contributed by atoms with Crippen molar-refractivity contribution in [2.75, 3.05) is 6.61 Å². The van der Waals surface area contributed by atoms with E-state index < -0.39 is 26.4 Å². The average molecular weight is 600 g/mol. The zero-order valence-electron chi connectivity index (χ0n) is 23.2. The van der Waals surface area contributed by atoms with Gasteiger partial charge in [-0.2, -0.15) is 0 Å². The molecule has 2 N–H and O–H groups in total. The molecule has 0 aliphatic heterocycles. The Kier molecular flexibility index (Phi) is 8.84. The molecule has 0 unspecified atom stereocenters. The van der Waals surface area contributed by atoms with Crippen molar-refractivity contribution in [3.63, 3.8) is 0 Å². The average Bonchev–Trinajstić information content (AvgIpc) is 2.90. The molecule has 0 saturated carbocycles. The second-order valence-corrected chi connectivity index (χ2v) is 12.1. The number of carbonyl (C=O) groups excluding carboxylic acids is 1. The smallest absolute Gasteiger partial charge is 0.270 e. The molecule has 41 heavy (non-hydrogen) atoms. The highest BCUT2D eigenvalue weighted by Gasteiger charge is 2.26. The molecule has 0 spiro atoms. The van der Waals surface area contributed by atoms with Crippen LogP contribution in [0.25, 0.3) is 11.3 Å². The highest BCUT2D eigenvalue weighted by molar-refractivity contribution is 7.90. The summed E-state index contributed by atoms with van der Waals surface area (Å²) >= 11 is 6.52. The Labute approximate surface area is 246 Å². The maximum atomic E-state index is 13.3. The van der Waals surface area contributed by atoms with Crippen molar-refractivity contribution in [2.24, 2.45) is 5.92 Å². The van der Waals surface area contributed by atoms with Gasteiger partial charge in [0.15, 0.2) is 4.90 Å². The number of sulfonamides is 1. The highest BCUT2D eigenvalue weighted by atomic mass is 35.5. The molecule has 9 nitrogen and oxygen atoms in total. The zero-order chi connectivity index (χ0) is 29.9. The number of H-pyrrole nitrogens is 1. The van der Waals surface area contributed by atoms with Crippen molar-refractivity contribution in [3.05, 3.63) is 98.4 Å². The predicted molar refractivity (Wildman–Crippen MR) is 162 cm³/mol. The Bertz CT molecular complexity index is 1770. The summed E-state index contributed by atoms with van der Waals surface area (Å²) in [5.41, 5.74) is 2.51. The second kappa shape index (κ2) is 12.2. The van der Waals surface area contributed by atoms with Crippen LogP contribution < -0.4 is 19.8 Å². The Morgan fingerprint density at radius 2 is 1.78 bits per heavy atom. The highest BCUT2D eigenvalue weighted by Crippen LogP contribution is 2.35. The normalized spacial score (nSPS) is 11.4. The fourth-order valence-electron chi connectivity index (χ4n) is 4.17. The van der Waals surface area contributed by atoms with Gasteiger partial charge in [-0.1, -0.05) is 43.1 Å². The lowest BCUT2D eigenvalue weighted by Gasteiger charge is -2.16. The van der Waals surface area contributed by atoms with Crippen molar-refractivity contribution in [1.29, 1.82) is 0 Å². The summed E-state index contributed by atoms with van der Waals surface area (Å²) in [5.74, 6) is 0.209. The Balaban J connectivity index is 0.00000323. The van der Waals surface area contributed by atoms with E-state index in [1.54, 1.807) is 18.2 Å². The minimum absolute atomic E-state index is 0. The van der Waals surface area contributed by atoms with Crippen molar-refractivity contribution in [1.82, 2.24) is 14.7 Å². The molecule has 218 valence electrons. The number of nitrogens with zero attached hydrogens (tertiary/aromatic N) is 1. The monoisotopic (exact) mass is 599 g/mol. The van der Waals surface area contributed by atoms with Gasteiger partial charge in [-0.05, 0) is 80.3 Å². The molecular formula is C30H34ClN3O6S. The molecule has 0 atom stereocenters. The molecule has 0 saturated heterocycles. The van der Waals surface area contributed by atoms with Gasteiger partial charge >= 0.3 is 0 Å². The molecule has 11 heteroatoms. The van der Waals surface area contributed by atoms with Crippen molar-refractivity contribution < 1.29 is 25.5 Å². The van der Waals surface area contributed by atoms with Crippen LogP contribution in [0.4, 0.5) is 0 Å². The topological polar surface area (TPSA) is 127 Å². The van der Waals surface area contributed by atoms with Gasteiger partial charge in [-0.15, -0.1) is 0 Å². The summed E-state index contributed by atoms with van der Waals surface area (Å²) in [5, 5.41) is 0.395. The lowest BCUT2D eigenvalue weighted by molar-refractivity contribution is 0.0978. The van der Waals surface area contributed by atoms with E-state index in [1.807, 2.05) is 51.5 Å². The maximum absolute atomic E-state index is 13.3. The van der Waals surface area contributed by atoms with E-state index in [2.05, 4.69) is 9.97 Å². The van der Waals surface area contributed by atoms with Gasteiger partial charge in [0.05, 0.1) is 17.3 Å². The van der Waals surface area contributed by atoms with Crippen LogP contribution in [0.1, 0.15) is 43.7 Å². The first-order valence-corrected chi connectivity index (χ1v) is 14.7. The maximum Gasteiger partial charge on any atom is 0.270 e. The minimum Gasteiger partial charge on any atom is -0.493 e. The number of ether oxygens (including phenoxy) is 2. The first-order chi connectivity index (χ1) is 19.4. The number of rotatable bonds is 9. The van der Waals surface area contributed by atoms with Crippen LogP contribution in [0.5, 0.6) is 17.4 Å². The van der Waals surface area contributed by atoms with Crippen LogP contribution in [0.3, 0.4) is 0 Å². The number of aryl methyl sites for hydroxylation is 3. The summed E-state index contributed by atoms with van der Waals surface area (Å²) in [6, 6.07) is 14.4. The van der Waals surface area contributed by atoms with E-state index in [4.69, 9.17) is 21.1 Å². The van der Waals surface area contributed by atoms with Crippen molar-refractivity contribution in [2.45, 2.75) is 39.5 Å². The Hall–Kier alpha value is -4.15. The van der Waals surface area contributed by atoms with Gasteiger partial charge < -0.3 is 14.5 Å². The fourth-order valence-corrected chi connectivity index (χ4v) is 5.41. The number of aromatic amines is 1. The Morgan fingerprint density at radius 3 is 2.44 bits per heavy atom. The van der Waals surface area contributed by atoms with E-state index in [0.717, 1.165) is 22.8 Å². The molecule has 0 fully saturated rings. The third-order valence-electron chi connectivity index (χ3n) is 6.00. The molecule has 2 heterocycles. The van der Waals surface area contributed by atoms with Crippen LogP contribution >= 0.6 is 11.6 Å². The quantitative estimate of drug-likeness (QED) is 0.226. The van der Waals surface area contributed by atoms with E-state index >= 15 is 0 Å². The van der Waals surface area contributed by atoms with E-state index in [-0.39, 0.29) is 14.3 Å². The van der Waals surface area contributed by atoms with Crippen LogP contribution in [0.15, 0.2) is 70.5 Å². The number of carbonyl (C=O) groups is 1. The summed E-state index contributed by atoms with van der Waals surface area (Å²) in [6.07, 6.45) is 1.29. The molecule has 0 aliphatic rings. The zero-order valence-corrected chi connectivity index (χ0v) is 24.8. The SMILES string of the molecule is Cc1cc(C)c(Oc2nc(-c3cc(OCC(C)C)ccc3Cl)ccc2C(=O)NS(=O)(=O)c2ccc[nH]c2=O)c(C)c1.[HH].[HH]. The molecule has 4 aromatic rings. The molecule has 0 bridgehead atoms. The molecular weight excluding hydrogens is 566 g/mol. The van der Waals surface area contributed by atoms with E-state index in [0.29, 0.717) is 40.3 Å². The number of hydrogen-bond acceptors (Lipinski definition) is 7. The molecule has 4 rings (SSSR count). The molecule has 2 aromatic heterocycles.